The summed E-state index contributed by atoms with van der Waals surface area (Å²) in [6.45, 7) is 0.489. The molecule has 1 aliphatic carbocycles. The standard InChI is InChI=1S/C21H28F6O8.2CH4/c1-4-19(2,3)18(31)33-8-7-32-17(30)14-9-12(15(28)34-10-20(22,23)24)5-6-13(14)16(29)35-11-21(25,26)27;;/h12-14H,4-11H2,1-3H3;2*1H4. The van der Waals surface area contributed by atoms with Crippen LogP contribution in [0.2, 0.25) is 0 Å². The van der Waals surface area contributed by atoms with Gasteiger partial charge in [0.25, 0.3) is 0 Å². The number of carbonyl (C=O) groups excluding carboxylic acids is 4. The third kappa shape index (κ3) is 13.0. The van der Waals surface area contributed by atoms with Gasteiger partial charge in [-0.1, -0.05) is 21.8 Å². The Balaban J connectivity index is 0. The van der Waals surface area contributed by atoms with Gasteiger partial charge in [-0.15, -0.1) is 0 Å². The molecule has 218 valence electrons. The van der Waals surface area contributed by atoms with E-state index in [-0.39, 0.29) is 34.3 Å². The van der Waals surface area contributed by atoms with Crippen molar-refractivity contribution >= 4 is 23.9 Å². The lowest BCUT2D eigenvalue weighted by Gasteiger charge is -2.32. The van der Waals surface area contributed by atoms with Crippen LogP contribution in [0.4, 0.5) is 26.3 Å². The van der Waals surface area contributed by atoms with Gasteiger partial charge >= 0.3 is 36.2 Å². The van der Waals surface area contributed by atoms with Crippen molar-refractivity contribution in [1.82, 2.24) is 0 Å². The van der Waals surface area contributed by atoms with Crippen molar-refractivity contribution in [3.8, 4) is 0 Å². The van der Waals surface area contributed by atoms with E-state index < -0.39 is 85.6 Å². The minimum atomic E-state index is -4.82. The van der Waals surface area contributed by atoms with Crippen LogP contribution in [0.1, 0.15) is 61.3 Å². The molecule has 0 N–H and O–H groups in total. The van der Waals surface area contributed by atoms with E-state index in [2.05, 4.69) is 9.47 Å². The predicted octanol–water partition coefficient (Wildman–Crippen LogP) is 5.02. The summed E-state index contributed by atoms with van der Waals surface area (Å²) in [5.74, 6) is -8.40. The van der Waals surface area contributed by atoms with E-state index in [0.717, 1.165) is 0 Å². The van der Waals surface area contributed by atoms with Gasteiger partial charge in [0.05, 0.1) is 23.2 Å². The molecule has 0 aliphatic heterocycles. The summed E-state index contributed by atoms with van der Waals surface area (Å²) >= 11 is 0. The highest BCUT2D eigenvalue weighted by Gasteiger charge is 2.45. The van der Waals surface area contributed by atoms with Crippen molar-refractivity contribution in [1.29, 1.82) is 0 Å². The monoisotopic (exact) mass is 554 g/mol. The highest BCUT2D eigenvalue weighted by molar-refractivity contribution is 5.84. The van der Waals surface area contributed by atoms with Crippen molar-refractivity contribution in [2.24, 2.45) is 23.2 Å². The Bertz CT molecular complexity index is 763. The summed E-state index contributed by atoms with van der Waals surface area (Å²) in [6, 6.07) is 0. The normalized spacial score (nSPS) is 20.0. The maximum absolute atomic E-state index is 12.6. The Morgan fingerprint density at radius 2 is 1.16 bits per heavy atom. The Kier molecular flexibility index (Phi) is 14.9. The Hall–Kier alpha value is -2.54. The molecule has 1 rings (SSSR count). The van der Waals surface area contributed by atoms with Crippen LogP contribution in [0, 0.1) is 23.2 Å². The van der Waals surface area contributed by atoms with Gasteiger partial charge in [-0.25, -0.2) is 0 Å². The number of esters is 4. The van der Waals surface area contributed by atoms with Gasteiger partial charge in [-0.05, 0) is 39.5 Å². The summed E-state index contributed by atoms with van der Waals surface area (Å²) in [6.07, 6.45) is -10.2. The summed E-state index contributed by atoms with van der Waals surface area (Å²) < 4.78 is 92.6. The zero-order valence-corrected chi connectivity index (χ0v) is 19.4. The molecule has 3 unspecified atom stereocenters. The quantitative estimate of drug-likeness (QED) is 0.160. The lowest BCUT2D eigenvalue weighted by molar-refractivity contribution is -0.195. The fraction of sp³-hybridized carbons (Fsp3) is 0.826. The molecule has 0 radical (unpaired) electrons. The van der Waals surface area contributed by atoms with Gasteiger partial charge in [0.1, 0.15) is 13.2 Å². The van der Waals surface area contributed by atoms with E-state index in [4.69, 9.17) is 9.47 Å². The minimum absolute atomic E-state index is 0. The second kappa shape index (κ2) is 15.0. The van der Waals surface area contributed by atoms with E-state index in [1.807, 2.05) is 0 Å². The highest BCUT2D eigenvalue weighted by Crippen LogP contribution is 2.37. The van der Waals surface area contributed by atoms with Crippen LogP contribution in [0.5, 0.6) is 0 Å². The second-order valence-electron chi connectivity index (χ2n) is 8.71. The molecular formula is C23H36F6O8. The van der Waals surface area contributed by atoms with Gasteiger partial charge in [-0.2, -0.15) is 26.3 Å². The zero-order valence-electron chi connectivity index (χ0n) is 19.4. The van der Waals surface area contributed by atoms with E-state index >= 15 is 0 Å². The molecule has 0 aromatic carbocycles. The lowest BCUT2D eigenvalue weighted by Crippen LogP contribution is -2.41. The molecule has 0 aromatic heterocycles. The first-order chi connectivity index (χ1) is 16.0. The first-order valence-corrected chi connectivity index (χ1v) is 10.8. The third-order valence-corrected chi connectivity index (χ3v) is 5.54. The number of halogens is 6. The lowest BCUT2D eigenvalue weighted by atomic mass is 9.74. The highest BCUT2D eigenvalue weighted by atomic mass is 19.4. The number of carbonyl (C=O) groups is 4. The average molecular weight is 555 g/mol. The molecule has 14 heteroatoms. The first kappa shape index (κ1) is 36.6. The molecule has 0 bridgehead atoms. The van der Waals surface area contributed by atoms with Crippen LogP contribution in [0.15, 0.2) is 0 Å². The average Bonchev–Trinajstić information content (AvgIpc) is 2.76. The third-order valence-electron chi connectivity index (χ3n) is 5.54. The number of hydrogen-bond donors (Lipinski definition) is 0. The fourth-order valence-corrected chi connectivity index (χ4v) is 3.18. The predicted molar refractivity (Wildman–Crippen MR) is 118 cm³/mol. The largest absolute Gasteiger partial charge is 0.462 e. The molecule has 0 amide bonds. The van der Waals surface area contributed by atoms with Crippen molar-refractivity contribution in [3.63, 3.8) is 0 Å². The minimum Gasteiger partial charge on any atom is -0.462 e. The first-order valence-electron chi connectivity index (χ1n) is 10.8. The maximum Gasteiger partial charge on any atom is 0.422 e. The molecule has 3 atom stereocenters. The topological polar surface area (TPSA) is 105 Å². The van der Waals surface area contributed by atoms with E-state index in [1.165, 1.54) is 0 Å². The molecule has 0 aromatic rings. The molecule has 0 spiro atoms. The molecule has 0 saturated heterocycles. The smallest absolute Gasteiger partial charge is 0.422 e. The molecule has 8 nitrogen and oxygen atoms in total. The zero-order chi connectivity index (χ0) is 27.0. The molecular weight excluding hydrogens is 518 g/mol. The number of rotatable bonds is 10. The molecule has 1 aliphatic rings. The number of hydrogen-bond acceptors (Lipinski definition) is 8. The van der Waals surface area contributed by atoms with Gasteiger partial charge in [0, 0.05) is 0 Å². The number of ether oxygens (including phenoxy) is 4. The summed E-state index contributed by atoms with van der Waals surface area (Å²) in [5.41, 5.74) is -0.787. The van der Waals surface area contributed by atoms with Gasteiger partial charge in [0.2, 0.25) is 0 Å². The summed E-state index contributed by atoms with van der Waals surface area (Å²) in [7, 11) is 0. The van der Waals surface area contributed by atoms with Crippen molar-refractivity contribution in [3.05, 3.63) is 0 Å². The molecule has 0 heterocycles. The van der Waals surface area contributed by atoms with Gasteiger partial charge in [-0.3, -0.25) is 19.2 Å². The SMILES string of the molecule is C.C.CCC(C)(C)C(=O)OCCOC(=O)C1CC(C(=O)OCC(F)(F)F)CCC1C(=O)OCC(F)(F)F. The van der Waals surface area contributed by atoms with Crippen LogP contribution in [-0.4, -0.2) is 62.7 Å². The second-order valence-corrected chi connectivity index (χ2v) is 8.71. The van der Waals surface area contributed by atoms with Crippen LogP contribution < -0.4 is 0 Å². The van der Waals surface area contributed by atoms with Gasteiger partial charge in [0.15, 0.2) is 13.2 Å². The van der Waals surface area contributed by atoms with E-state index in [9.17, 15) is 45.5 Å². The molecule has 1 fully saturated rings. The fourth-order valence-electron chi connectivity index (χ4n) is 3.18. The Morgan fingerprint density at radius 3 is 1.65 bits per heavy atom. The van der Waals surface area contributed by atoms with Crippen molar-refractivity contribution in [2.45, 2.75) is 73.7 Å². The van der Waals surface area contributed by atoms with Crippen LogP contribution in [-0.2, 0) is 38.1 Å². The Labute approximate surface area is 212 Å². The van der Waals surface area contributed by atoms with E-state index in [1.54, 1.807) is 20.8 Å². The van der Waals surface area contributed by atoms with E-state index in [0.29, 0.717) is 6.42 Å². The van der Waals surface area contributed by atoms with Crippen LogP contribution >= 0.6 is 0 Å². The van der Waals surface area contributed by atoms with Crippen molar-refractivity contribution in [2.75, 3.05) is 26.4 Å². The maximum atomic E-state index is 12.6. The Morgan fingerprint density at radius 1 is 0.703 bits per heavy atom. The van der Waals surface area contributed by atoms with Crippen LogP contribution in [0.25, 0.3) is 0 Å². The number of alkyl halides is 6. The van der Waals surface area contributed by atoms with Gasteiger partial charge < -0.3 is 18.9 Å². The van der Waals surface area contributed by atoms with Crippen LogP contribution in [0.3, 0.4) is 0 Å². The summed E-state index contributed by atoms with van der Waals surface area (Å²) in [4.78, 5) is 48.7. The molecule has 1 saturated carbocycles. The molecule has 37 heavy (non-hydrogen) atoms. The van der Waals surface area contributed by atoms with Crippen molar-refractivity contribution < 1.29 is 64.5 Å². The summed E-state index contributed by atoms with van der Waals surface area (Å²) in [5, 5.41) is 0.